The van der Waals surface area contributed by atoms with E-state index in [9.17, 15) is 17.6 Å². The molecule has 1 atom stereocenters. The van der Waals surface area contributed by atoms with Gasteiger partial charge in [0, 0.05) is 24.8 Å². The van der Waals surface area contributed by atoms with Crippen LogP contribution < -0.4 is 10.5 Å². The van der Waals surface area contributed by atoms with Gasteiger partial charge in [0.25, 0.3) is 0 Å². The number of rotatable bonds is 4. The van der Waals surface area contributed by atoms with Gasteiger partial charge < -0.3 is 10.5 Å². The van der Waals surface area contributed by atoms with Crippen molar-refractivity contribution in [3.63, 3.8) is 0 Å². The van der Waals surface area contributed by atoms with Gasteiger partial charge in [0.2, 0.25) is 5.95 Å². The minimum Gasteiger partial charge on any atom is -0.406 e. The first-order valence-electron chi connectivity index (χ1n) is 10.5. The predicted molar refractivity (Wildman–Crippen MR) is 119 cm³/mol. The van der Waals surface area contributed by atoms with Crippen LogP contribution in [0.1, 0.15) is 17.5 Å². The number of nitrogens with zero attached hydrogens (tertiary/aromatic N) is 4. The summed E-state index contributed by atoms with van der Waals surface area (Å²) in [6.45, 7) is 1.17. The number of aromatic nitrogens is 1. The number of nitrogens with two attached hydrogens (primary N) is 1. The van der Waals surface area contributed by atoms with Crippen LogP contribution in [0.3, 0.4) is 0 Å². The largest absolute Gasteiger partial charge is 0.573 e. The zero-order chi connectivity index (χ0) is 23.9. The Balaban J connectivity index is 1.68. The molecule has 2 aromatic carbocycles. The highest BCUT2D eigenvalue weighted by molar-refractivity contribution is 6.12. The first kappa shape index (κ1) is 21.9. The number of hydrogen-bond acceptors (Lipinski definition) is 6. The van der Waals surface area contributed by atoms with E-state index in [1.165, 1.54) is 30.5 Å². The maximum absolute atomic E-state index is 14.4. The van der Waals surface area contributed by atoms with Gasteiger partial charge in [-0.2, -0.15) is 4.39 Å². The summed E-state index contributed by atoms with van der Waals surface area (Å²) in [5.41, 5.74) is 7.14. The molecule has 0 bridgehead atoms. The van der Waals surface area contributed by atoms with Crippen molar-refractivity contribution >= 4 is 11.8 Å². The summed E-state index contributed by atoms with van der Waals surface area (Å²) < 4.78 is 56.5. The van der Waals surface area contributed by atoms with Crippen LogP contribution in [0.4, 0.5) is 17.6 Å². The fourth-order valence-corrected chi connectivity index (χ4v) is 4.38. The topological polar surface area (TPSA) is 76.1 Å². The molecule has 2 N–H and O–H groups in total. The number of halogens is 4. The van der Waals surface area contributed by atoms with Gasteiger partial charge in [-0.05, 0) is 53.4 Å². The molecule has 10 heteroatoms. The molecule has 34 heavy (non-hydrogen) atoms. The van der Waals surface area contributed by atoms with E-state index in [1.54, 1.807) is 35.2 Å². The lowest BCUT2D eigenvalue weighted by Crippen LogP contribution is -2.46. The molecule has 3 aromatic rings. The zero-order valence-electron chi connectivity index (χ0n) is 17.8. The second-order valence-electron chi connectivity index (χ2n) is 7.89. The van der Waals surface area contributed by atoms with Gasteiger partial charge in [0.05, 0.1) is 0 Å². The fourth-order valence-electron chi connectivity index (χ4n) is 4.38. The van der Waals surface area contributed by atoms with E-state index >= 15 is 0 Å². The van der Waals surface area contributed by atoms with Crippen molar-refractivity contribution in [2.75, 3.05) is 13.1 Å². The Labute approximate surface area is 192 Å². The smallest absolute Gasteiger partial charge is 0.406 e. The van der Waals surface area contributed by atoms with Crippen LogP contribution in [0.2, 0.25) is 0 Å². The highest BCUT2D eigenvalue weighted by Crippen LogP contribution is 2.43. The SMILES string of the molecule is NC1=N[C@](c2ccc(OC(F)(F)F)cc2)(c2cccc(-c3cccnc3F)c2)C2=NCCCN12. The summed E-state index contributed by atoms with van der Waals surface area (Å²) in [4.78, 5) is 15.0. The summed E-state index contributed by atoms with van der Waals surface area (Å²) in [6, 6.07) is 15.8. The normalized spacial score (nSPS) is 19.9. The van der Waals surface area contributed by atoms with Crippen molar-refractivity contribution in [3.8, 4) is 16.9 Å². The maximum atomic E-state index is 14.4. The van der Waals surface area contributed by atoms with Crippen molar-refractivity contribution in [2.45, 2.75) is 18.3 Å². The highest BCUT2D eigenvalue weighted by atomic mass is 19.4. The number of fused-ring (bicyclic) bond motifs is 1. The highest BCUT2D eigenvalue weighted by Gasteiger charge is 2.49. The third-order valence-corrected chi connectivity index (χ3v) is 5.80. The number of pyridine rings is 1. The number of aliphatic imine (C=N–C) groups is 2. The number of amidine groups is 1. The number of benzene rings is 2. The lowest BCUT2D eigenvalue weighted by Gasteiger charge is -2.33. The zero-order valence-corrected chi connectivity index (χ0v) is 17.8. The summed E-state index contributed by atoms with van der Waals surface area (Å²) in [7, 11) is 0. The van der Waals surface area contributed by atoms with E-state index in [2.05, 4.69) is 9.72 Å². The number of ether oxygens (including phenoxy) is 1. The summed E-state index contributed by atoms with van der Waals surface area (Å²) in [6.07, 6.45) is -2.65. The first-order chi connectivity index (χ1) is 16.3. The predicted octanol–water partition coefficient (Wildman–Crippen LogP) is 4.46. The van der Waals surface area contributed by atoms with E-state index in [1.807, 2.05) is 6.07 Å². The van der Waals surface area contributed by atoms with Gasteiger partial charge in [0.15, 0.2) is 11.5 Å². The molecule has 0 unspecified atom stereocenters. The molecule has 0 saturated heterocycles. The molecule has 174 valence electrons. The Kier molecular flexibility index (Phi) is 5.22. The fraction of sp³-hybridized carbons (Fsp3) is 0.208. The second-order valence-corrected chi connectivity index (χ2v) is 7.89. The minimum atomic E-state index is -4.80. The van der Waals surface area contributed by atoms with Crippen molar-refractivity contribution in [2.24, 2.45) is 15.7 Å². The average Bonchev–Trinajstić information content (AvgIpc) is 3.13. The summed E-state index contributed by atoms with van der Waals surface area (Å²) in [5, 5.41) is 0. The minimum absolute atomic E-state index is 0.257. The molecule has 0 saturated carbocycles. The van der Waals surface area contributed by atoms with Crippen molar-refractivity contribution in [1.82, 2.24) is 9.88 Å². The second kappa shape index (κ2) is 8.12. The van der Waals surface area contributed by atoms with E-state index < -0.39 is 17.8 Å². The molecule has 2 aliphatic rings. The van der Waals surface area contributed by atoms with Crippen LogP contribution >= 0.6 is 0 Å². The van der Waals surface area contributed by atoms with Gasteiger partial charge in [0.1, 0.15) is 11.6 Å². The Morgan fingerprint density at radius 2 is 1.79 bits per heavy atom. The van der Waals surface area contributed by atoms with Gasteiger partial charge in [-0.1, -0.05) is 30.3 Å². The Hall–Kier alpha value is -3.95. The van der Waals surface area contributed by atoms with Crippen LogP contribution in [-0.4, -0.2) is 41.1 Å². The lowest BCUT2D eigenvalue weighted by molar-refractivity contribution is -0.274. The molecular weight excluding hydrogens is 450 g/mol. The lowest BCUT2D eigenvalue weighted by atomic mass is 9.81. The van der Waals surface area contributed by atoms with Gasteiger partial charge in [-0.15, -0.1) is 13.2 Å². The quantitative estimate of drug-likeness (QED) is 0.452. The molecule has 3 heterocycles. The van der Waals surface area contributed by atoms with E-state index in [0.29, 0.717) is 41.2 Å². The number of guanidine groups is 1. The molecule has 1 aromatic heterocycles. The third kappa shape index (κ3) is 3.74. The first-order valence-corrected chi connectivity index (χ1v) is 10.5. The van der Waals surface area contributed by atoms with E-state index in [-0.39, 0.29) is 11.7 Å². The Morgan fingerprint density at radius 1 is 1.00 bits per heavy atom. The van der Waals surface area contributed by atoms with Crippen LogP contribution in [-0.2, 0) is 5.54 Å². The maximum Gasteiger partial charge on any atom is 0.573 e. The molecule has 0 fully saturated rings. The van der Waals surface area contributed by atoms with Crippen LogP contribution in [0.15, 0.2) is 76.8 Å². The van der Waals surface area contributed by atoms with Gasteiger partial charge in [-0.25, -0.2) is 9.98 Å². The van der Waals surface area contributed by atoms with E-state index in [4.69, 9.17) is 15.7 Å². The molecule has 5 rings (SSSR count). The number of hydrogen-bond donors (Lipinski definition) is 1. The Morgan fingerprint density at radius 3 is 2.53 bits per heavy atom. The van der Waals surface area contributed by atoms with Crippen LogP contribution in [0, 0.1) is 5.95 Å². The van der Waals surface area contributed by atoms with Crippen molar-refractivity contribution in [1.29, 1.82) is 0 Å². The molecule has 6 nitrogen and oxygen atoms in total. The van der Waals surface area contributed by atoms with Gasteiger partial charge >= 0.3 is 6.36 Å². The molecule has 0 radical (unpaired) electrons. The van der Waals surface area contributed by atoms with Crippen molar-refractivity contribution < 1.29 is 22.3 Å². The monoisotopic (exact) mass is 469 g/mol. The molecule has 2 aliphatic heterocycles. The van der Waals surface area contributed by atoms with Crippen LogP contribution in [0.5, 0.6) is 5.75 Å². The summed E-state index contributed by atoms with van der Waals surface area (Å²) >= 11 is 0. The summed E-state index contributed by atoms with van der Waals surface area (Å²) in [5.74, 6) is -0.139. The van der Waals surface area contributed by atoms with Crippen molar-refractivity contribution in [3.05, 3.63) is 83.9 Å². The standard InChI is InChI=1S/C24H19F4N5O/c25-20-19(6-2-11-30-20)15-4-1-5-17(14-15)23(21-31-12-3-13-33(21)22(29)32-23)16-7-9-18(10-8-16)34-24(26,27)28/h1-2,4-11,14H,3,12-13H2,(H2,29,32)/t23-/m1/s1. The average molecular weight is 469 g/mol. The Bertz CT molecular complexity index is 1290. The molecule has 0 aliphatic carbocycles. The van der Waals surface area contributed by atoms with Crippen LogP contribution in [0.25, 0.3) is 11.1 Å². The number of alkyl halides is 3. The van der Waals surface area contributed by atoms with E-state index in [0.717, 1.165) is 6.42 Å². The molecule has 0 amide bonds. The van der Waals surface area contributed by atoms with Gasteiger partial charge in [-0.3, -0.25) is 9.89 Å². The third-order valence-electron chi connectivity index (χ3n) is 5.80. The molecule has 0 spiro atoms. The molecular formula is C24H19F4N5O.